The summed E-state index contributed by atoms with van der Waals surface area (Å²) in [5.74, 6) is 2.27. The molecule has 0 heterocycles. The number of aliphatic hydroxyl groups is 1. The maximum atomic E-state index is 10.8. The van der Waals surface area contributed by atoms with E-state index in [-0.39, 0.29) is 11.3 Å². The molecular weight excluding hydrogens is 260 g/mol. The zero-order valence-electron chi connectivity index (χ0n) is 10.4. The predicted octanol–water partition coefficient (Wildman–Crippen LogP) is 3.22. The molecule has 96 valence electrons. The van der Waals surface area contributed by atoms with E-state index in [1.807, 2.05) is 6.92 Å². The number of benzene rings is 2. The molecule has 0 saturated heterocycles. The van der Waals surface area contributed by atoms with Crippen molar-refractivity contribution in [3.8, 4) is 18.1 Å². The lowest BCUT2D eigenvalue weighted by atomic mass is 9.85. The van der Waals surface area contributed by atoms with Crippen LogP contribution in [0.1, 0.15) is 16.7 Å². The lowest BCUT2D eigenvalue weighted by Gasteiger charge is -2.25. The van der Waals surface area contributed by atoms with Crippen LogP contribution >= 0.6 is 11.6 Å². The summed E-state index contributed by atoms with van der Waals surface area (Å²) in [6.07, 6.45) is 5.49. The van der Waals surface area contributed by atoms with E-state index in [4.69, 9.17) is 18.0 Å². The second kappa shape index (κ2) is 4.97. The fourth-order valence-electron chi connectivity index (χ4n) is 1.99. The summed E-state index contributed by atoms with van der Waals surface area (Å²) in [5.41, 5.74) is -0.245. The number of phenols is 1. The van der Waals surface area contributed by atoms with Gasteiger partial charge in [0.05, 0.1) is 0 Å². The minimum atomic E-state index is -1.76. The third-order valence-electron chi connectivity index (χ3n) is 3.01. The molecule has 0 bridgehead atoms. The summed E-state index contributed by atoms with van der Waals surface area (Å²) in [5, 5.41) is 21.1. The standard InChI is InChI=1S/C16H13ClO2/c1-3-16(19,12-6-4-5-7-14(12)17)13-10-11(2)8-9-15(13)18/h1,4-10,18-19H,2H3. The summed E-state index contributed by atoms with van der Waals surface area (Å²) in [7, 11) is 0. The first kappa shape index (κ1) is 13.5. The van der Waals surface area contributed by atoms with Gasteiger partial charge in [0, 0.05) is 16.1 Å². The molecule has 1 atom stereocenters. The smallest absolute Gasteiger partial charge is 0.181 e. The Morgan fingerprint density at radius 2 is 1.84 bits per heavy atom. The number of rotatable bonds is 2. The first-order valence-electron chi connectivity index (χ1n) is 5.74. The number of hydrogen-bond donors (Lipinski definition) is 2. The molecule has 0 fully saturated rings. The van der Waals surface area contributed by atoms with Crippen LogP contribution in [0.25, 0.3) is 0 Å². The van der Waals surface area contributed by atoms with E-state index in [0.717, 1.165) is 5.56 Å². The largest absolute Gasteiger partial charge is 0.508 e. The van der Waals surface area contributed by atoms with Crippen LogP contribution in [0.4, 0.5) is 0 Å². The average Bonchev–Trinajstić information content (AvgIpc) is 2.41. The van der Waals surface area contributed by atoms with Gasteiger partial charge in [-0.05, 0) is 25.1 Å². The number of hydrogen-bond acceptors (Lipinski definition) is 2. The third-order valence-corrected chi connectivity index (χ3v) is 3.34. The number of aromatic hydroxyl groups is 1. The molecule has 0 amide bonds. The van der Waals surface area contributed by atoms with Crippen molar-refractivity contribution >= 4 is 11.6 Å². The highest BCUT2D eigenvalue weighted by Gasteiger charge is 2.33. The Balaban J connectivity index is 2.71. The van der Waals surface area contributed by atoms with Gasteiger partial charge in [-0.2, -0.15) is 0 Å². The molecule has 0 aliphatic rings. The Morgan fingerprint density at radius 1 is 1.16 bits per heavy atom. The quantitative estimate of drug-likeness (QED) is 0.824. The van der Waals surface area contributed by atoms with E-state index in [1.54, 1.807) is 36.4 Å². The van der Waals surface area contributed by atoms with Crippen molar-refractivity contribution in [2.24, 2.45) is 0 Å². The van der Waals surface area contributed by atoms with Crippen molar-refractivity contribution in [3.05, 3.63) is 64.2 Å². The van der Waals surface area contributed by atoms with E-state index in [1.165, 1.54) is 6.07 Å². The van der Waals surface area contributed by atoms with Gasteiger partial charge in [0.15, 0.2) is 5.60 Å². The van der Waals surface area contributed by atoms with E-state index in [0.29, 0.717) is 10.6 Å². The normalized spacial score (nSPS) is 13.6. The molecule has 0 spiro atoms. The molecule has 1 unspecified atom stereocenters. The van der Waals surface area contributed by atoms with Crippen LogP contribution < -0.4 is 0 Å². The Hall–Kier alpha value is -1.95. The van der Waals surface area contributed by atoms with Crippen LogP contribution in [-0.4, -0.2) is 10.2 Å². The monoisotopic (exact) mass is 272 g/mol. The van der Waals surface area contributed by atoms with Crippen molar-refractivity contribution in [1.29, 1.82) is 0 Å². The van der Waals surface area contributed by atoms with Gasteiger partial charge in [-0.1, -0.05) is 47.4 Å². The molecule has 2 rings (SSSR count). The lowest BCUT2D eigenvalue weighted by Crippen LogP contribution is -2.25. The van der Waals surface area contributed by atoms with Crippen LogP contribution in [0.3, 0.4) is 0 Å². The summed E-state index contributed by atoms with van der Waals surface area (Å²) in [4.78, 5) is 0. The number of terminal acetylenes is 1. The van der Waals surface area contributed by atoms with Crippen LogP contribution in [0.5, 0.6) is 5.75 Å². The van der Waals surface area contributed by atoms with Crippen LogP contribution in [0.15, 0.2) is 42.5 Å². The molecule has 2 N–H and O–H groups in total. The molecule has 0 radical (unpaired) electrons. The molecule has 0 aromatic heterocycles. The highest BCUT2D eigenvalue weighted by Crippen LogP contribution is 2.38. The first-order chi connectivity index (χ1) is 8.99. The minimum absolute atomic E-state index is 0.0639. The van der Waals surface area contributed by atoms with Crippen LogP contribution in [0, 0.1) is 19.3 Å². The molecule has 2 aromatic rings. The van der Waals surface area contributed by atoms with Crippen molar-refractivity contribution < 1.29 is 10.2 Å². The molecule has 0 aliphatic heterocycles. The van der Waals surface area contributed by atoms with Gasteiger partial charge in [-0.25, -0.2) is 0 Å². The Kier molecular flexibility index (Phi) is 3.53. The summed E-state index contributed by atoms with van der Waals surface area (Å²) in [6.45, 7) is 1.85. The zero-order chi connectivity index (χ0) is 14.0. The molecule has 0 aliphatic carbocycles. The Labute approximate surface area is 117 Å². The van der Waals surface area contributed by atoms with Gasteiger partial charge in [0.25, 0.3) is 0 Å². The van der Waals surface area contributed by atoms with Crippen LogP contribution in [0.2, 0.25) is 5.02 Å². The van der Waals surface area contributed by atoms with Gasteiger partial charge in [-0.3, -0.25) is 0 Å². The lowest BCUT2D eigenvalue weighted by molar-refractivity contribution is 0.142. The summed E-state index contributed by atoms with van der Waals surface area (Å²) in [6, 6.07) is 11.7. The fraction of sp³-hybridized carbons (Fsp3) is 0.125. The van der Waals surface area contributed by atoms with Gasteiger partial charge in [0.1, 0.15) is 5.75 Å². The van der Waals surface area contributed by atoms with Crippen molar-refractivity contribution in [2.75, 3.05) is 0 Å². The third kappa shape index (κ3) is 2.31. The van der Waals surface area contributed by atoms with E-state index in [9.17, 15) is 10.2 Å². The van der Waals surface area contributed by atoms with E-state index in [2.05, 4.69) is 5.92 Å². The predicted molar refractivity (Wildman–Crippen MR) is 76.1 cm³/mol. The SMILES string of the molecule is C#CC(O)(c1cc(C)ccc1O)c1ccccc1Cl. The Morgan fingerprint density at radius 3 is 2.47 bits per heavy atom. The molecular formula is C16H13ClO2. The second-order valence-electron chi connectivity index (χ2n) is 4.36. The zero-order valence-corrected chi connectivity index (χ0v) is 11.1. The maximum Gasteiger partial charge on any atom is 0.181 e. The van der Waals surface area contributed by atoms with E-state index < -0.39 is 5.60 Å². The molecule has 3 heteroatoms. The van der Waals surface area contributed by atoms with Gasteiger partial charge >= 0.3 is 0 Å². The number of aryl methyl sites for hydroxylation is 1. The molecule has 2 nitrogen and oxygen atoms in total. The summed E-state index contributed by atoms with van der Waals surface area (Å²) < 4.78 is 0. The average molecular weight is 273 g/mol. The number of phenolic OH excluding ortho intramolecular Hbond substituents is 1. The fourth-order valence-corrected chi connectivity index (χ4v) is 2.27. The molecule has 2 aromatic carbocycles. The van der Waals surface area contributed by atoms with Crippen LogP contribution in [-0.2, 0) is 5.60 Å². The van der Waals surface area contributed by atoms with Gasteiger partial charge < -0.3 is 10.2 Å². The summed E-state index contributed by atoms with van der Waals surface area (Å²) >= 11 is 6.09. The van der Waals surface area contributed by atoms with Gasteiger partial charge in [-0.15, -0.1) is 6.42 Å². The second-order valence-corrected chi connectivity index (χ2v) is 4.76. The first-order valence-corrected chi connectivity index (χ1v) is 6.12. The molecule has 19 heavy (non-hydrogen) atoms. The number of halogens is 1. The van der Waals surface area contributed by atoms with Crippen molar-refractivity contribution in [1.82, 2.24) is 0 Å². The topological polar surface area (TPSA) is 40.5 Å². The van der Waals surface area contributed by atoms with Gasteiger partial charge in [0.2, 0.25) is 0 Å². The van der Waals surface area contributed by atoms with Crippen molar-refractivity contribution in [2.45, 2.75) is 12.5 Å². The minimum Gasteiger partial charge on any atom is -0.508 e. The maximum absolute atomic E-state index is 10.8. The van der Waals surface area contributed by atoms with Crippen molar-refractivity contribution in [3.63, 3.8) is 0 Å². The Bertz CT molecular complexity index is 658. The molecule has 0 saturated carbocycles. The highest BCUT2D eigenvalue weighted by molar-refractivity contribution is 6.31. The highest BCUT2D eigenvalue weighted by atomic mass is 35.5. The van der Waals surface area contributed by atoms with E-state index >= 15 is 0 Å².